The van der Waals surface area contributed by atoms with Gasteiger partial charge in [0.2, 0.25) is 0 Å². The summed E-state index contributed by atoms with van der Waals surface area (Å²) in [6.07, 6.45) is 1.86. The van der Waals surface area contributed by atoms with Crippen LogP contribution in [0.3, 0.4) is 0 Å². The van der Waals surface area contributed by atoms with Gasteiger partial charge >= 0.3 is 0 Å². The van der Waals surface area contributed by atoms with E-state index in [1.54, 1.807) is 7.11 Å². The van der Waals surface area contributed by atoms with Crippen molar-refractivity contribution >= 4 is 38.4 Å². The molecule has 2 aromatic rings. The Bertz CT molecular complexity index is 452. The quantitative estimate of drug-likeness (QED) is 0.833. The summed E-state index contributed by atoms with van der Waals surface area (Å²) in [7, 11) is 1.61. The first kappa shape index (κ1) is 8.91. The smallest absolute Gasteiger partial charge is 0.146 e. The second kappa shape index (κ2) is 3.24. The maximum atomic E-state index is 6.00. The number of aromatic nitrogens is 1. The number of H-pyrrole nitrogens is 1. The van der Waals surface area contributed by atoms with Crippen LogP contribution < -0.4 is 4.74 Å². The minimum atomic E-state index is 0.612. The normalized spacial score (nSPS) is 10.7. The van der Waals surface area contributed by atoms with Crippen LogP contribution in [-0.4, -0.2) is 12.1 Å². The average Bonchev–Trinajstić information content (AvgIpc) is 2.53. The number of nitrogens with one attached hydrogen (secondary N) is 1. The number of rotatable bonds is 1. The predicted molar refractivity (Wildman–Crippen MR) is 57.6 cm³/mol. The first-order chi connectivity index (χ1) is 6.24. The van der Waals surface area contributed by atoms with E-state index in [1.165, 1.54) is 0 Å². The predicted octanol–water partition coefficient (Wildman–Crippen LogP) is 3.59. The summed E-state index contributed by atoms with van der Waals surface area (Å²) in [5, 5.41) is 1.60. The number of hydrogen-bond acceptors (Lipinski definition) is 1. The summed E-state index contributed by atoms with van der Waals surface area (Å²) in [6, 6.07) is 3.75. The molecule has 0 saturated heterocycles. The van der Waals surface area contributed by atoms with Crippen LogP contribution in [0.15, 0.2) is 22.8 Å². The molecule has 0 atom stereocenters. The molecular weight excluding hydrogens is 253 g/mol. The standard InChI is InChI=1S/C9H7BrClNO/c1-13-9-5-2-3-12-8(5)6(10)4-7(9)11/h2-4,12H,1H3. The first-order valence-corrected chi connectivity index (χ1v) is 4.90. The molecule has 1 N–H and O–H groups in total. The summed E-state index contributed by atoms with van der Waals surface area (Å²) < 4.78 is 6.14. The van der Waals surface area contributed by atoms with Crippen LogP contribution in [0, 0.1) is 0 Å². The van der Waals surface area contributed by atoms with Crippen molar-refractivity contribution in [2.75, 3.05) is 7.11 Å². The van der Waals surface area contributed by atoms with Gasteiger partial charge in [-0.2, -0.15) is 0 Å². The molecule has 0 saturated carbocycles. The highest BCUT2D eigenvalue weighted by Gasteiger charge is 2.10. The SMILES string of the molecule is COc1c(Cl)cc(Br)c2[nH]ccc12. The van der Waals surface area contributed by atoms with Gasteiger partial charge in [-0.25, -0.2) is 0 Å². The number of methoxy groups -OCH3 is 1. The fraction of sp³-hybridized carbons (Fsp3) is 0.111. The van der Waals surface area contributed by atoms with Crippen molar-refractivity contribution in [3.63, 3.8) is 0 Å². The van der Waals surface area contributed by atoms with Crippen molar-refractivity contribution in [2.45, 2.75) is 0 Å². The minimum absolute atomic E-state index is 0.612. The third-order valence-electron chi connectivity index (χ3n) is 1.90. The minimum Gasteiger partial charge on any atom is -0.494 e. The van der Waals surface area contributed by atoms with E-state index in [4.69, 9.17) is 16.3 Å². The molecule has 0 spiro atoms. The average molecular weight is 261 g/mol. The maximum Gasteiger partial charge on any atom is 0.146 e. The van der Waals surface area contributed by atoms with E-state index >= 15 is 0 Å². The topological polar surface area (TPSA) is 25.0 Å². The zero-order valence-electron chi connectivity index (χ0n) is 6.90. The molecule has 2 rings (SSSR count). The molecule has 0 fully saturated rings. The third-order valence-corrected chi connectivity index (χ3v) is 2.81. The number of hydrogen-bond donors (Lipinski definition) is 1. The Morgan fingerprint density at radius 1 is 1.54 bits per heavy atom. The van der Waals surface area contributed by atoms with Crippen LogP contribution in [0.2, 0.25) is 5.02 Å². The number of fused-ring (bicyclic) bond motifs is 1. The molecule has 1 aromatic carbocycles. The fourth-order valence-corrected chi connectivity index (χ4v) is 2.32. The molecule has 0 unspecified atom stereocenters. The van der Waals surface area contributed by atoms with Crippen molar-refractivity contribution in [3.8, 4) is 5.75 Å². The molecular formula is C9H7BrClNO. The molecule has 1 aromatic heterocycles. The van der Waals surface area contributed by atoms with Crippen LogP contribution in [0.25, 0.3) is 10.9 Å². The highest BCUT2D eigenvalue weighted by molar-refractivity contribution is 9.10. The Hall–Kier alpha value is -0.670. The van der Waals surface area contributed by atoms with E-state index in [1.807, 2.05) is 18.3 Å². The summed E-state index contributed by atoms with van der Waals surface area (Å²) in [6.45, 7) is 0. The Morgan fingerprint density at radius 3 is 3.00 bits per heavy atom. The Balaban J connectivity index is 2.88. The first-order valence-electron chi connectivity index (χ1n) is 3.73. The van der Waals surface area contributed by atoms with Gasteiger partial charge in [-0.15, -0.1) is 0 Å². The van der Waals surface area contributed by atoms with E-state index in [9.17, 15) is 0 Å². The number of halogens is 2. The number of aromatic amines is 1. The van der Waals surface area contributed by atoms with Gasteiger partial charge in [0.25, 0.3) is 0 Å². The Kier molecular flexibility index (Phi) is 2.22. The lowest BCUT2D eigenvalue weighted by atomic mass is 10.2. The van der Waals surface area contributed by atoms with Gasteiger partial charge in [-0.3, -0.25) is 0 Å². The van der Waals surface area contributed by atoms with E-state index in [0.717, 1.165) is 15.4 Å². The molecule has 1 heterocycles. The summed E-state index contributed by atoms with van der Waals surface area (Å²) in [5.74, 6) is 0.709. The van der Waals surface area contributed by atoms with Crippen molar-refractivity contribution < 1.29 is 4.74 Å². The van der Waals surface area contributed by atoms with Gasteiger partial charge in [-0.05, 0) is 28.1 Å². The zero-order chi connectivity index (χ0) is 9.42. The van der Waals surface area contributed by atoms with Crippen molar-refractivity contribution in [3.05, 3.63) is 27.8 Å². The second-order valence-electron chi connectivity index (χ2n) is 2.64. The van der Waals surface area contributed by atoms with Crippen molar-refractivity contribution in [1.82, 2.24) is 4.98 Å². The summed E-state index contributed by atoms with van der Waals surface area (Å²) in [5.41, 5.74) is 1.00. The molecule has 68 valence electrons. The van der Waals surface area contributed by atoms with Crippen LogP contribution in [-0.2, 0) is 0 Å². The van der Waals surface area contributed by atoms with Gasteiger partial charge in [0.15, 0.2) is 0 Å². The molecule has 0 aliphatic rings. The number of benzene rings is 1. The zero-order valence-corrected chi connectivity index (χ0v) is 9.24. The fourth-order valence-electron chi connectivity index (χ4n) is 1.34. The molecule has 0 radical (unpaired) electrons. The lowest BCUT2D eigenvalue weighted by molar-refractivity contribution is 0.420. The van der Waals surface area contributed by atoms with Gasteiger partial charge < -0.3 is 9.72 Å². The van der Waals surface area contributed by atoms with Crippen molar-refractivity contribution in [2.24, 2.45) is 0 Å². The molecule has 0 aliphatic heterocycles. The monoisotopic (exact) mass is 259 g/mol. The van der Waals surface area contributed by atoms with Crippen LogP contribution in [0.1, 0.15) is 0 Å². The summed E-state index contributed by atoms with van der Waals surface area (Å²) in [4.78, 5) is 3.10. The molecule has 0 aliphatic carbocycles. The summed E-state index contributed by atoms with van der Waals surface area (Å²) >= 11 is 9.42. The van der Waals surface area contributed by atoms with E-state index in [-0.39, 0.29) is 0 Å². The highest BCUT2D eigenvalue weighted by Crippen LogP contribution is 2.37. The van der Waals surface area contributed by atoms with E-state index in [0.29, 0.717) is 10.8 Å². The Morgan fingerprint density at radius 2 is 2.31 bits per heavy atom. The van der Waals surface area contributed by atoms with Gasteiger partial charge in [-0.1, -0.05) is 11.6 Å². The molecule has 4 heteroatoms. The second-order valence-corrected chi connectivity index (χ2v) is 3.90. The maximum absolute atomic E-state index is 6.00. The molecule has 2 nitrogen and oxygen atoms in total. The third kappa shape index (κ3) is 1.32. The lowest BCUT2D eigenvalue weighted by Gasteiger charge is -2.05. The molecule has 13 heavy (non-hydrogen) atoms. The van der Waals surface area contributed by atoms with Gasteiger partial charge in [0, 0.05) is 16.1 Å². The van der Waals surface area contributed by atoms with Crippen molar-refractivity contribution in [1.29, 1.82) is 0 Å². The Labute approximate surface area is 89.0 Å². The van der Waals surface area contributed by atoms with Crippen LogP contribution in [0.4, 0.5) is 0 Å². The largest absolute Gasteiger partial charge is 0.494 e. The number of ether oxygens (including phenoxy) is 1. The highest BCUT2D eigenvalue weighted by atomic mass is 79.9. The van der Waals surface area contributed by atoms with Gasteiger partial charge in [0.05, 0.1) is 17.6 Å². The van der Waals surface area contributed by atoms with E-state index < -0.39 is 0 Å². The lowest BCUT2D eigenvalue weighted by Crippen LogP contribution is -1.85. The molecule has 0 amide bonds. The molecule has 0 bridgehead atoms. The van der Waals surface area contributed by atoms with Crippen LogP contribution >= 0.6 is 27.5 Å². The van der Waals surface area contributed by atoms with Crippen LogP contribution in [0.5, 0.6) is 5.75 Å². The van der Waals surface area contributed by atoms with E-state index in [2.05, 4.69) is 20.9 Å². The van der Waals surface area contributed by atoms with Gasteiger partial charge in [0.1, 0.15) is 5.75 Å².